The Kier molecular flexibility index (Phi) is 11.3. The van der Waals surface area contributed by atoms with Crippen molar-refractivity contribution in [3.63, 3.8) is 0 Å². The van der Waals surface area contributed by atoms with Crippen LogP contribution < -0.4 is 10.6 Å². The fourth-order valence-electron chi connectivity index (χ4n) is 2.68. The molecule has 0 unspecified atom stereocenters. The third-order valence-electron chi connectivity index (χ3n) is 4.20. The van der Waals surface area contributed by atoms with Crippen LogP contribution in [0.2, 0.25) is 0 Å². The van der Waals surface area contributed by atoms with E-state index in [1.807, 2.05) is 13.8 Å². The number of alkyl halides is 6. The minimum Gasteiger partial charge on any atom is -0.356 e. The predicted molar refractivity (Wildman–Crippen MR) is 133 cm³/mol. The van der Waals surface area contributed by atoms with Crippen molar-refractivity contribution >= 4 is 17.2 Å². The van der Waals surface area contributed by atoms with Crippen molar-refractivity contribution in [2.45, 2.75) is 40.0 Å². The summed E-state index contributed by atoms with van der Waals surface area (Å²) in [6.45, 7) is 13.2. The van der Waals surface area contributed by atoms with E-state index >= 15 is 0 Å². The summed E-state index contributed by atoms with van der Waals surface area (Å²) in [7, 11) is 0. The van der Waals surface area contributed by atoms with Crippen LogP contribution in [-0.2, 0) is 6.18 Å². The van der Waals surface area contributed by atoms with E-state index in [2.05, 4.69) is 33.8 Å². The molecule has 0 saturated carbocycles. The summed E-state index contributed by atoms with van der Waals surface area (Å²) in [4.78, 5) is 8.42. The van der Waals surface area contributed by atoms with Crippen molar-refractivity contribution in [3.8, 4) is 11.1 Å². The number of nitrogens with one attached hydrogen (secondary N) is 2. The summed E-state index contributed by atoms with van der Waals surface area (Å²) in [6, 6.07) is 8.94. The van der Waals surface area contributed by atoms with Gasteiger partial charge in [0.25, 0.3) is 0 Å². The maximum Gasteiger partial charge on any atom is 0.416 e. The summed E-state index contributed by atoms with van der Waals surface area (Å²) in [6.07, 6.45) is -5.44. The van der Waals surface area contributed by atoms with Crippen LogP contribution >= 0.6 is 0 Å². The molecule has 0 aliphatic heterocycles. The number of aryl methyl sites for hydroxylation is 1. The molecule has 1 aromatic heterocycles. The summed E-state index contributed by atoms with van der Waals surface area (Å²) < 4.78 is 84.0. The molecule has 3 aromatic rings. The molecule has 4 nitrogen and oxygen atoms in total. The number of anilines is 3. The Morgan fingerprint density at radius 2 is 1.54 bits per heavy atom. The van der Waals surface area contributed by atoms with Gasteiger partial charge in [-0.25, -0.2) is 14.4 Å². The Balaban J connectivity index is 0.000000874. The molecule has 0 atom stereocenters. The van der Waals surface area contributed by atoms with Gasteiger partial charge in [-0.2, -0.15) is 26.3 Å². The Morgan fingerprint density at radius 3 is 2.05 bits per heavy atom. The molecule has 0 aliphatic rings. The number of hydrogen-bond acceptors (Lipinski definition) is 4. The summed E-state index contributed by atoms with van der Waals surface area (Å²) in [5, 5.41) is 5.88. The van der Waals surface area contributed by atoms with Crippen molar-refractivity contribution in [1.29, 1.82) is 0 Å². The van der Waals surface area contributed by atoms with E-state index in [0.717, 1.165) is 12.1 Å². The van der Waals surface area contributed by atoms with Crippen molar-refractivity contribution in [1.82, 2.24) is 9.97 Å². The lowest BCUT2D eigenvalue weighted by molar-refractivity contribution is -0.137. The number of nitrogens with zero attached hydrogens (tertiary/aromatic N) is 2. The highest BCUT2D eigenvalue weighted by Gasteiger charge is 2.30. The summed E-state index contributed by atoms with van der Waals surface area (Å²) in [5.41, 5.74) is 1.37. The van der Waals surface area contributed by atoms with Crippen LogP contribution in [0.15, 0.2) is 73.6 Å². The summed E-state index contributed by atoms with van der Waals surface area (Å²) >= 11 is 0. The number of aromatic nitrogens is 2. The monoisotopic (exact) mass is 528 g/mol. The topological polar surface area (TPSA) is 49.8 Å². The zero-order valence-electron chi connectivity index (χ0n) is 20.7. The summed E-state index contributed by atoms with van der Waals surface area (Å²) in [5.74, 6) is 0.156. The number of hydrogen-bond donors (Lipinski definition) is 2. The van der Waals surface area contributed by atoms with Gasteiger partial charge in [-0.15, -0.1) is 0 Å². The Labute approximate surface area is 211 Å². The molecule has 0 aliphatic carbocycles. The largest absolute Gasteiger partial charge is 0.416 e. The van der Waals surface area contributed by atoms with Crippen molar-refractivity contribution < 1.29 is 30.7 Å². The zero-order chi connectivity index (χ0) is 28.4. The molecular formula is C26H27F7N4. The third kappa shape index (κ3) is 10.7. The molecule has 0 fully saturated rings. The fraction of sp³-hybridized carbons (Fsp3) is 0.231. The van der Waals surface area contributed by atoms with E-state index in [1.54, 1.807) is 6.92 Å². The molecular weight excluding hydrogens is 501 g/mol. The quantitative estimate of drug-likeness (QED) is 0.248. The maximum atomic E-state index is 14.4. The van der Waals surface area contributed by atoms with Crippen molar-refractivity contribution in [2.75, 3.05) is 10.6 Å². The first-order valence-corrected chi connectivity index (χ1v) is 10.9. The number of rotatable bonds is 6. The molecule has 2 aromatic carbocycles. The van der Waals surface area contributed by atoms with Gasteiger partial charge in [-0.05, 0) is 48.9 Å². The van der Waals surface area contributed by atoms with Gasteiger partial charge in [0.05, 0.1) is 11.3 Å². The molecule has 0 radical (unpaired) electrons. The van der Waals surface area contributed by atoms with Crippen LogP contribution in [-0.4, -0.2) is 16.1 Å². The molecule has 0 spiro atoms. The lowest BCUT2D eigenvalue weighted by atomic mass is 10.1. The Morgan fingerprint density at radius 1 is 0.973 bits per heavy atom. The van der Waals surface area contributed by atoms with E-state index < -0.39 is 23.7 Å². The minimum absolute atomic E-state index is 0.128. The van der Waals surface area contributed by atoms with Crippen LogP contribution in [0.25, 0.3) is 11.1 Å². The Bertz CT molecular complexity index is 1180. The van der Waals surface area contributed by atoms with Gasteiger partial charge < -0.3 is 10.6 Å². The minimum atomic E-state index is -4.44. The third-order valence-corrected chi connectivity index (χ3v) is 4.20. The van der Waals surface area contributed by atoms with Crippen LogP contribution in [0, 0.1) is 12.7 Å². The molecule has 0 saturated heterocycles. The lowest BCUT2D eigenvalue weighted by Gasteiger charge is -2.14. The second-order valence-corrected chi connectivity index (χ2v) is 7.21. The first-order chi connectivity index (χ1) is 17.2. The van der Waals surface area contributed by atoms with Crippen LogP contribution in [0.3, 0.4) is 0 Å². The number of halogens is 7. The highest BCUT2D eigenvalue weighted by molar-refractivity contribution is 5.78. The number of allylic oxidation sites excluding steroid dienone is 1. The average Bonchev–Trinajstić information content (AvgIpc) is 2.81. The van der Waals surface area contributed by atoms with Crippen molar-refractivity contribution in [2.24, 2.45) is 0 Å². The molecule has 0 bridgehead atoms. The predicted octanol–water partition coefficient (Wildman–Crippen LogP) is 9.06. The standard InChI is InChI=1S/C22H18F4N4.C2H3F3.C2H6/c1-4-13(2)28-17-9-10-19(23)20(11-17)30-21-18(12-27-14(3)29-21)15-5-7-16(8-6-15)22(24,25)26;1-2(3,4)5;1-2/h4-12,28H,1-2H2,3H3,(H,27,29,30);1H3;1-2H3. The van der Waals surface area contributed by atoms with E-state index in [1.165, 1.54) is 42.6 Å². The first-order valence-electron chi connectivity index (χ1n) is 10.9. The average molecular weight is 529 g/mol. The molecule has 1 heterocycles. The molecule has 200 valence electrons. The van der Waals surface area contributed by atoms with Gasteiger partial charge in [-0.3, -0.25) is 0 Å². The SMILES string of the molecule is C=CC(=C)Nc1ccc(F)c(Nc2nc(C)ncc2-c2ccc(C(F)(F)F)cc2)c1.CC.CC(F)(F)F. The highest BCUT2D eigenvalue weighted by Crippen LogP contribution is 2.34. The van der Waals surface area contributed by atoms with Crippen molar-refractivity contribution in [3.05, 3.63) is 90.8 Å². The van der Waals surface area contributed by atoms with Crippen LogP contribution in [0.1, 0.15) is 32.2 Å². The molecule has 3 rings (SSSR count). The normalized spacial score (nSPS) is 10.8. The molecule has 37 heavy (non-hydrogen) atoms. The fourth-order valence-corrected chi connectivity index (χ4v) is 2.68. The molecule has 11 heteroatoms. The zero-order valence-corrected chi connectivity index (χ0v) is 20.7. The lowest BCUT2D eigenvalue weighted by Crippen LogP contribution is -2.05. The van der Waals surface area contributed by atoms with Gasteiger partial charge in [0.1, 0.15) is 17.5 Å². The second-order valence-electron chi connectivity index (χ2n) is 7.21. The molecule has 0 amide bonds. The van der Waals surface area contributed by atoms with E-state index in [9.17, 15) is 30.7 Å². The van der Waals surface area contributed by atoms with Gasteiger partial charge in [-0.1, -0.05) is 39.1 Å². The molecule has 2 N–H and O–H groups in total. The van der Waals surface area contributed by atoms with Crippen LogP contribution in [0.4, 0.5) is 47.9 Å². The van der Waals surface area contributed by atoms with Gasteiger partial charge in [0, 0.05) is 30.1 Å². The smallest absolute Gasteiger partial charge is 0.356 e. The van der Waals surface area contributed by atoms with Gasteiger partial charge in [0.15, 0.2) is 0 Å². The second kappa shape index (κ2) is 13.4. The van der Waals surface area contributed by atoms with Crippen LogP contribution in [0.5, 0.6) is 0 Å². The van der Waals surface area contributed by atoms with Gasteiger partial charge >= 0.3 is 12.4 Å². The van der Waals surface area contributed by atoms with E-state index in [0.29, 0.717) is 28.3 Å². The Hall–Kier alpha value is -3.89. The highest BCUT2D eigenvalue weighted by atomic mass is 19.4. The first kappa shape index (κ1) is 31.1. The number of benzene rings is 2. The maximum absolute atomic E-state index is 14.4. The van der Waals surface area contributed by atoms with E-state index in [-0.39, 0.29) is 18.4 Å². The van der Waals surface area contributed by atoms with Gasteiger partial charge in [0.2, 0.25) is 0 Å². The van der Waals surface area contributed by atoms with E-state index in [4.69, 9.17) is 0 Å².